The van der Waals surface area contributed by atoms with Gasteiger partial charge in [0.25, 0.3) is 0 Å². The van der Waals surface area contributed by atoms with E-state index in [4.69, 9.17) is 5.11 Å². The minimum atomic E-state index is -0.869. The molecule has 0 bridgehead atoms. The molecule has 0 unspecified atom stereocenters. The Morgan fingerprint density at radius 1 is 1.23 bits per heavy atom. The van der Waals surface area contributed by atoms with Gasteiger partial charge in [0.15, 0.2) is 0 Å². The highest BCUT2D eigenvalue weighted by Gasteiger charge is 2.41. The molecule has 0 aromatic carbocycles. The highest BCUT2D eigenvalue weighted by Crippen LogP contribution is 2.35. The fourth-order valence-corrected chi connectivity index (χ4v) is 3.22. The number of carbonyl (C=O) groups excluding carboxylic acids is 2. The van der Waals surface area contributed by atoms with Gasteiger partial charge in [0, 0.05) is 33.1 Å². The first-order chi connectivity index (χ1) is 10.3. The number of likely N-dealkylation sites (tertiary alicyclic amines) is 1. The van der Waals surface area contributed by atoms with Gasteiger partial charge in [-0.2, -0.15) is 0 Å². The Hall–Kier alpha value is -1.79. The van der Waals surface area contributed by atoms with E-state index in [2.05, 4.69) is 5.32 Å². The molecule has 2 N–H and O–H groups in total. The molecule has 3 amide bonds. The van der Waals surface area contributed by atoms with E-state index in [1.165, 1.54) is 4.90 Å². The molecule has 124 valence electrons. The average Bonchev–Trinajstić information content (AvgIpc) is 2.43. The number of amides is 3. The molecule has 22 heavy (non-hydrogen) atoms. The Morgan fingerprint density at radius 3 is 2.23 bits per heavy atom. The molecular formula is C15H25N3O4. The number of hydrogen-bond acceptors (Lipinski definition) is 3. The molecule has 1 aliphatic heterocycles. The van der Waals surface area contributed by atoms with E-state index < -0.39 is 11.5 Å². The number of nitrogens with one attached hydrogen (secondary N) is 1. The number of hydrogen-bond donors (Lipinski definition) is 2. The maximum Gasteiger partial charge on any atom is 0.319 e. The van der Waals surface area contributed by atoms with Crippen LogP contribution in [0.15, 0.2) is 0 Å². The van der Waals surface area contributed by atoms with E-state index in [1.54, 1.807) is 19.0 Å². The zero-order valence-electron chi connectivity index (χ0n) is 13.3. The largest absolute Gasteiger partial charge is 0.481 e. The van der Waals surface area contributed by atoms with Gasteiger partial charge in [-0.15, -0.1) is 0 Å². The van der Waals surface area contributed by atoms with Crippen molar-refractivity contribution >= 4 is 17.9 Å². The Balaban J connectivity index is 1.85. The van der Waals surface area contributed by atoms with E-state index in [1.807, 2.05) is 0 Å². The smallest absolute Gasteiger partial charge is 0.319 e. The van der Waals surface area contributed by atoms with Gasteiger partial charge in [0.05, 0.1) is 12.0 Å². The van der Waals surface area contributed by atoms with Crippen LogP contribution in [0.5, 0.6) is 0 Å². The van der Waals surface area contributed by atoms with Crippen molar-refractivity contribution in [1.29, 1.82) is 0 Å². The average molecular weight is 311 g/mol. The zero-order valence-corrected chi connectivity index (χ0v) is 13.3. The summed E-state index contributed by atoms with van der Waals surface area (Å²) in [4.78, 5) is 38.5. The van der Waals surface area contributed by atoms with Crippen LogP contribution in [0.2, 0.25) is 0 Å². The first-order valence-electron chi connectivity index (χ1n) is 7.83. The topological polar surface area (TPSA) is 90.0 Å². The van der Waals surface area contributed by atoms with E-state index >= 15 is 0 Å². The fourth-order valence-electron chi connectivity index (χ4n) is 3.22. The van der Waals surface area contributed by atoms with Crippen LogP contribution in [0.25, 0.3) is 0 Å². The number of piperidine rings is 1. The second-order valence-electron chi connectivity index (χ2n) is 6.63. The molecule has 1 saturated carbocycles. The summed E-state index contributed by atoms with van der Waals surface area (Å²) in [7, 11) is 3.43. The summed E-state index contributed by atoms with van der Waals surface area (Å²) in [5.41, 5.74) is -0.542. The van der Waals surface area contributed by atoms with Crippen LogP contribution in [0.1, 0.15) is 38.5 Å². The van der Waals surface area contributed by atoms with Crippen molar-refractivity contribution in [1.82, 2.24) is 15.1 Å². The number of urea groups is 1. The third kappa shape index (κ3) is 3.69. The maximum atomic E-state index is 12.4. The molecular weight excluding hydrogens is 286 g/mol. The number of rotatable bonds is 4. The molecule has 0 aromatic heterocycles. The van der Waals surface area contributed by atoms with Crippen LogP contribution in [-0.4, -0.2) is 65.5 Å². The second-order valence-corrected chi connectivity index (χ2v) is 6.63. The highest BCUT2D eigenvalue weighted by atomic mass is 16.4. The summed E-state index contributed by atoms with van der Waals surface area (Å²) in [5, 5.41) is 11.9. The highest BCUT2D eigenvalue weighted by molar-refractivity contribution is 5.81. The van der Waals surface area contributed by atoms with E-state index in [0.29, 0.717) is 25.9 Å². The van der Waals surface area contributed by atoms with Gasteiger partial charge in [-0.1, -0.05) is 0 Å². The molecule has 0 radical (unpaired) electrons. The summed E-state index contributed by atoms with van der Waals surface area (Å²) < 4.78 is 0. The van der Waals surface area contributed by atoms with Crippen molar-refractivity contribution in [2.24, 2.45) is 5.92 Å². The van der Waals surface area contributed by atoms with Gasteiger partial charge in [-0.25, -0.2) is 4.79 Å². The second kappa shape index (κ2) is 6.54. The van der Waals surface area contributed by atoms with Gasteiger partial charge < -0.3 is 20.2 Å². The fraction of sp³-hybridized carbons (Fsp3) is 0.800. The van der Waals surface area contributed by atoms with Crippen LogP contribution < -0.4 is 5.32 Å². The number of nitrogens with zero attached hydrogens (tertiary/aromatic N) is 2. The quantitative estimate of drug-likeness (QED) is 0.807. The van der Waals surface area contributed by atoms with Gasteiger partial charge in [0.1, 0.15) is 0 Å². The lowest BCUT2D eigenvalue weighted by Crippen LogP contribution is -2.57. The SMILES string of the molecule is CN(C)C(=O)N1CCC(C(=O)NC2(CC(=O)O)CCC2)CC1. The summed E-state index contributed by atoms with van der Waals surface area (Å²) in [6.45, 7) is 1.14. The summed E-state index contributed by atoms with van der Waals surface area (Å²) in [6, 6.07) is -0.0276. The molecule has 0 aromatic rings. The third-order valence-corrected chi connectivity index (χ3v) is 4.71. The standard InChI is InChI=1S/C15H25N3O4/c1-17(2)14(22)18-8-4-11(5-9-18)13(21)16-15(6-3-7-15)10-12(19)20/h11H,3-10H2,1-2H3,(H,16,21)(H,19,20). The van der Waals surface area contributed by atoms with E-state index in [9.17, 15) is 14.4 Å². The first kappa shape index (κ1) is 16.6. The van der Waals surface area contributed by atoms with Crippen molar-refractivity contribution in [3.05, 3.63) is 0 Å². The Morgan fingerprint density at radius 2 is 1.82 bits per heavy atom. The van der Waals surface area contributed by atoms with Crippen LogP contribution in [0, 0.1) is 5.92 Å². The van der Waals surface area contributed by atoms with Crippen molar-refractivity contribution in [3.8, 4) is 0 Å². The minimum absolute atomic E-state index is 0.00327. The first-order valence-corrected chi connectivity index (χ1v) is 7.83. The van der Waals surface area contributed by atoms with Gasteiger partial charge in [-0.05, 0) is 32.1 Å². The molecule has 2 rings (SSSR count). The van der Waals surface area contributed by atoms with E-state index in [0.717, 1.165) is 19.3 Å². The molecule has 1 saturated heterocycles. The molecule has 7 heteroatoms. The summed E-state index contributed by atoms with van der Waals surface area (Å²) >= 11 is 0. The molecule has 2 aliphatic rings. The minimum Gasteiger partial charge on any atom is -0.481 e. The van der Waals surface area contributed by atoms with Crippen LogP contribution in [0.4, 0.5) is 4.79 Å². The van der Waals surface area contributed by atoms with Crippen molar-refractivity contribution in [2.75, 3.05) is 27.2 Å². The van der Waals surface area contributed by atoms with Crippen LogP contribution in [0.3, 0.4) is 0 Å². The Kier molecular flexibility index (Phi) is 4.93. The normalized spacial score (nSPS) is 20.9. The van der Waals surface area contributed by atoms with Gasteiger partial charge in [0.2, 0.25) is 5.91 Å². The molecule has 7 nitrogen and oxygen atoms in total. The van der Waals surface area contributed by atoms with Crippen LogP contribution >= 0.6 is 0 Å². The zero-order chi connectivity index (χ0) is 16.3. The van der Waals surface area contributed by atoms with E-state index in [-0.39, 0.29) is 24.3 Å². The number of carboxylic acid groups (broad SMARTS) is 1. The Bertz CT molecular complexity index is 452. The molecule has 0 spiro atoms. The third-order valence-electron chi connectivity index (χ3n) is 4.71. The lowest BCUT2D eigenvalue weighted by Gasteiger charge is -2.43. The van der Waals surface area contributed by atoms with Crippen molar-refractivity contribution in [3.63, 3.8) is 0 Å². The lowest BCUT2D eigenvalue weighted by molar-refractivity contribution is -0.141. The Labute approximate surface area is 130 Å². The summed E-state index contributed by atoms with van der Waals surface area (Å²) in [5.74, 6) is -1.05. The number of carbonyl (C=O) groups is 3. The lowest BCUT2D eigenvalue weighted by atomic mass is 9.74. The van der Waals surface area contributed by atoms with Gasteiger partial charge >= 0.3 is 12.0 Å². The van der Waals surface area contributed by atoms with Crippen molar-refractivity contribution in [2.45, 2.75) is 44.1 Å². The molecule has 1 aliphatic carbocycles. The predicted octanol–water partition coefficient (Wildman–Crippen LogP) is 0.894. The number of aliphatic carboxylic acids is 1. The van der Waals surface area contributed by atoms with Crippen LogP contribution in [-0.2, 0) is 9.59 Å². The molecule has 2 fully saturated rings. The molecule has 0 atom stereocenters. The predicted molar refractivity (Wildman–Crippen MR) is 80.4 cm³/mol. The van der Waals surface area contributed by atoms with Crippen molar-refractivity contribution < 1.29 is 19.5 Å². The number of carboxylic acids is 1. The van der Waals surface area contributed by atoms with Gasteiger partial charge in [-0.3, -0.25) is 9.59 Å². The monoisotopic (exact) mass is 311 g/mol. The molecule has 1 heterocycles. The summed E-state index contributed by atoms with van der Waals surface area (Å²) in [6.07, 6.45) is 3.70. The maximum absolute atomic E-state index is 12.4.